The third-order valence-electron chi connectivity index (χ3n) is 5.01. The first-order valence-electron chi connectivity index (χ1n) is 9.48. The first kappa shape index (κ1) is 20.3. The Labute approximate surface area is 174 Å². The molecule has 4 rings (SSSR count). The fraction of sp³-hybridized carbons (Fsp3) is 0.350. The van der Waals surface area contributed by atoms with E-state index in [1.54, 1.807) is 23.2 Å². The number of pyridine rings is 1. The van der Waals surface area contributed by atoms with E-state index in [0.29, 0.717) is 50.5 Å². The molecule has 0 N–H and O–H groups in total. The van der Waals surface area contributed by atoms with Gasteiger partial charge in [-0.25, -0.2) is 13.4 Å². The summed E-state index contributed by atoms with van der Waals surface area (Å²) in [5.74, 6) is 0.0569. The van der Waals surface area contributed by atoms with E-state index in [1.165, 1.54) is 28.6 Å². The van der Waals surface area contributed by atoms with E-state index >= 15 is 0 Å². The van der Waals surface area contributed by atoms with Gasteiger partial charge < -0.3 is 14.4 Å². The Kier molecular flexibility index (Phi) is 5.67. The van der Waals surface area contributed by atoms with Crippen molar-refractivity contribution in [3.63, 3.8) is 0 Å². The highest BCUT2D eigenvalue weighted by Crippen LogP contribution is 2.22. The lowest BCUT2D eigenvalue weighted by atomic mass is 10.1. The molecule has 0 bridgehead atoms. The molecule has 0 unspecified atom stereocenters. The van der Waals surface area contributed by atoms with Gasteiger partial charge in [-0.15, -0.1) is 0 Å². The second kappa shape index (κ2) is 8.39. The number of carbonyl (C=O) groups is 1. The van der Waals surface area contributed by atoms with Crippen molar-refractivity contribution >= 4 is 15.9 Å². The molecule has 1 amide bonds. The van der Waals surface area contributed by atoms with Gasteiger partial charge in [0, 0.05) is 24.8 Å². The zero-order valence-electron chi connectivity index (χ0n) is 16.1. The number of morpholine rings is 1. The van der Waals surface area contributed by atoms with Crippen LogP contribution in [0, 0.1) is 11.3 Å². The molecule has 30 heavy (non-hydrogen) atoms. The van der Waals surface area contributed by atoms with Gasteiger partial charge in [0.25, 0.3) is 5.91 Å². The van der Waals surface area contributed by atoms with E-state index in [9.17, 15) is 13.2 Å². The molecule has 1 aromatic carbocycles. The van der Waals surface area contributed by atoms with E-state index < -0.39 is 10.0 Å². The van der Waals surface area contributed by atoms with Crippen LogP contribution in [-0.2, 0) is 14.8 Å². The van der Waals surface area contributed by atoms with Crippen LogP contribution in [0.3, 0.4) is 0 Å². The summed E-state index contributed by atoms with van der Waals surface area (Å²) in [5, 5.41) is 9.09. The van der Waals surface area contributed by atoms with E-state index in [0.717, 1.165) is 0 Å². The maximum Gasteiger partial charge on any atom is 0.254 e. The van der Waals surface area contributed by atoms with Gasteiger partial charge in [-0.1, -0.05) is 0 Å². The minimum atomic E-state index is -3.59. The normalized spacial score (nSPS) is 17.8. The number of aromatic nitrogens is 1. The van der Waals surface area contributed by atoms with Gasteiger partial charge in [0.1, 0.15) is 17.7 Å². The molecule has 0 spiro atoms. The van der Waals surface area contributed by atoms with Gasteiger partial charge >= 0.3 is 0 Å². The topological polar surface area (TPSA) is 113 Å². The second-order valence-electron chi connectivity index (χ2n) is 6.96. The molecule has 2 aromatic rings. The third-order valence-corrected chi connectivity index (χ3v) is 6.93. The highest BCUT2D eigenvalue weighted by atomic mass is 32.2. The lowest BCUT2D eigenvalue weighted by molar-refractivity contribution is 0.0159. The first-order chi connectivity index (χ1) is 14.5. The Bertz CT molecular complexity index is 1070. The molecule has 1 aromatic heterocycles. The lowest BCUT2D eigenvalue weighted by Gasteiger charge is -2.38. The number of sulfonamides is 1. The number of amides is 1. The molecule has 2 saturated heterocycles. The Morgan fingerprint density at radius 3 is 2.53 bits per heavy atom. The minimum Gasteiger partial charge on any atom is -0.470 e. The largest absolute Gasteiger partial charge is 0.470 e. The van der Waals surface area contributed by atoms with Crippen molar-refractivity contribution in [2.24, 2.45) is 0 Å². The van der Waals surface area contributed by atoms with Crippen molar-refractivity contribution in [1.29, 1.82) is 5.26 Å². The number of benzene rings is 1. The number of nitriles is 1. The SMILES string of the molecule is N#Cc1cccnc1OC1CN(C(=O)c2ccc(S(=O)(=O)N3CCOCC3)cc2)C1. The van der Waals surface area contributed by atoms with Gasteiger partial charge in [-0.3, -0.25) is 4.79 Å². The fourth-order valence-electron chi connectivity index (χ4n) is 3.29. The Morgan fingerprint density at radius 1 is 1.17 bits per heavy atom. The van der Waals surface area contributed by atoms with Crippen molar-refractivity contribution in [2.75, 3.05) is 39.4 Å². The molecule has 9 nitrogen and oxygen atoms in total. The van der Waals surface area contributed by atoms with Gasteiger partial charge in [0.2, 0.25) is 15.9 Å². The average molecular weight is 428 g/mol. The van der Waals surface area contributed by atoms with Crippen LogP contribution in [0.1, 0.15) is 15.9 Å². The molecule has 2 fully saturated rings. The molecule has 156 valence electrons. The minimum absolute atomic E-state index is 0.157. The average Bonchev–Trinajstić information content (AvgIpc) is 2.76. The predicted octanol–water partition coefficient (Wildman–Crippen LogP) is 0.878. The fourth-order valence-corrected chi connectivity index (χ4v) is 4.70. The molecule has 0 radical (unpaired) electrons. The van der Waals surface area contributed by atoms with E-state index in [-0.39, 0.29) is 22.8 Å². The summed E-state index contributed by atoms with van der Waals surface area (Å²) in [6.45, 7) is 2.14. The van der Waals surface area contributed by atoms with Gasteiger partial charge in [-0.05, 0) is 36.4 Å². The van der Waals surface area contributed by atoms with Crippen LogP contribution in [0.25, 0.3) is 0 Å². The number of hydrogen-bond donors (Lipinski definition) is 0. The van der Waals surface area contributed by atoms with E-state index in [4.69, 9.17) is 14.7 Å². The zero-order valence-corrected chi connectivity index (χ0v) is 16.9. The predicted molar refractivity (Wildman–Crippen MR) is 105 cm³/mol. The standard InChI is InChI=1S/C20H20N4O5S/c21-12-16-2-1-7-22-19(16)29-17-13-23(14-17)20(25)15-3-5-18(6-4-15)30(26,27)24-8-10-28-11-9-24/h1-7,17H,8-11,13-14H2. The van der Waals surface area contributed by atoms with E-state index in [1.807, 2.05) is 6.07 Å². The van der Waals surface area contributed by atoms with Gasteiger partial charge in [-0.2, -0.15) is 9.57 Å². The second-order valence-corrected chi connectivity index (χ2v) is 8.90. The van der Waals surface area contributed by atoms with Crippen molar-refractivity contribution in [1.82, 2.24) is 14.2 Å². The maximum atomic E-state index is 12.7. The van der Waals surface area contributed by atoms with Crippen LogP contribution in [0.2, 0.25) is 0 Å². The maximum absolute atomic E-state index is 12.7. The Morgan fingerprint density at radius 2 is 1.87 bits per heavy atom. The quantitative estimate of drug-likeness (QED) is 0.695. The highest BCUT2D eigenvalue weighted by Gasteiger charge is 2.34. The van der Waals surface area contributed by atoms with Crippen LogP contribution >= 0.6 is 0 Å². The summed E-state index contributed by atoms with van der Waals surface area (Å²) in [6.07, 6.45) is 1.31. The molecular formula is C20H20N4O5S. The molecule has 3 heterocycles. The van der Waals surface area contributed by atoms with Crippen LogP contribution in [0.15, 0.2) is 47.5 Å². The number of hydrogen-bond acceptors (Lipinski definition) is 7. The number of likely N-dealkylation sites (tertiary alicyclic amines) is 1. The summed E-state index contributed by atoms with van der Waals surface area (Å²) in [4.78, 5) is 18.5. The molecular weight excluding hydrogens is 408 g/mol. The Hall–Kier alpha value is -3.00. The molecule has 0 saturated carbocycles. The van der Waals surface area contributed by atoms with Crippen molar-refractivity contribution < 1.29 is 22.7 Å². The van der Waals surface area contributed by atoms with E-state index in [2.05, 4.69) is 4.98 Å². The summed E-state index contributed by atoms with van der Waals surface area (Å²) >= 11 is 0. The monoisotopic (exact) mass is 428 g/mol. The first-order valence-corrected chi connectivity index (χ1v) is 10.9. The van der Waals surface area contributed by atoms with Gasteiger partial charge in [0.15, 0.2) is 0 Å². The smallest absolute Gasteiger partial charge is 0.254 e. The number of carbonyl (C=O) groups excluding carboxylic acids is 1. The van der Waals surface area contributed by atoms with Crippen LogP contribution in [0.4, 0.5) is 0 Å². The van der Waals surface area contributed by atoms with Crippen LogP contribution < -0.4 is 4.74 Å². The molecule has 0 aliphatic carbocycles. The van der Waals surface area contributed by atoms with Crippen LogP contribution in [-0.4, -0.2) is 74.0 Å². The Balaban J connectivity index is 1.36. The number of nitrogens with zero attached hydrogens (tertiary/aromatic N) is 4. The van der Waals surface area contributed by atoms with Crippen molar-refractivity contribution in [3.05, 3.63) is 53.7 Å². The molecule has 0 atom stereocenters. The van der Waals surface area contributed by atoms with Gasteiger partial charge in [0.05, 0.1) is 31.2 Å². The van der Waals surface area contributed by atoms with Crippen molar-refractivity contribution in [2.45, 2.75) is 11.0 Å². The summed E-state index contributed by atoms with van der Waals surface area (Å²) < 4.78 is 37.6. The summed E-state index contributed by atoms with van der Waals surface area (Å²) in [5.41, 5.74) is 0.754. The lowest BCUT2D eigenvalue weighted by Crippen LogP contribution is -2.56. The van der Waals surface area contributed by atoms with Crippen molar-refractivity contribution in [3.8, 4) is 11.9 Å². The summed E-state index contributed by atoms with van der Waals surface area (Å²) in [6, 6.07) is 11.3. The third kappa shape index (κ3) is 4.00. The summed E-state index contributed by atoms with van der Waals surface area (Å²) in [7, 11) is -3.59. The van der Waals surface area contributed by atoms with Crippen LogP contribution in [0.5, 0.6) is 5.88 Å². The highest BCUT2D eigenvalue weighted by molar-refractivity contribution is 7.89. The number of ether oxygens (including phenoxy) is 2. The molecule has 2 aliphatic heterocycles. The molecule has 2 aliphatic rings. The molecule has 10 heteroatoms. The number of rotatable bonds is 5. The zero-order chi connectivity index (χ0) is 21.1.